The first-order valence-electron chi connectivity index (χ1n) is 7.22. The topological polar surface area (TPSA) is 33.6 Å². The number of nitrogens with zero attached hydrogens (tertiary/aromatic N) is 2. The van der Waals surface area contributed by atoms with E-state index in [0.717, 1.165) is 21.7 Å². The van der Waals surface area contributed by atoms with E-state index in [1.165, 1.54) is 30.2 Å². The van der Waals surface area contributed by atoms with Crippen molar-refractivity contribution < 1.29 is 0 Å². The van der Waals surface area contributed by atoms with Crippen molar-refractivity contribution in [3.63, 3.8) is 0 Å². The third-order valence-corrected chi connectivity index (χ3v) is 4.78. The van der Waals surface area contributed by atoms with E-state index in [1.54, 1.807) is 0 Å². The number of hydrogen-bond acceptors (Lipinski definition) is 2. The van der Waals surface area contributed by atoms with Crippen molar-refractivity contribution in [2.24, 2.45) is 5.92 Å². The van der Waals surface area contributed by atoms with Gasteiger partial charge in [-0.1, -0.05) is 25.1 Å². The van der Waals surface area contributed by atoms with Crippen LogP contribution in [-0.4, -0.2) is 14.5 Å². The lowest BCUT2D eigenvalue weighted by atomic mass is 10.1. The van der Waals surface area contributed by atoms with Crippen LogP contribution in [-0.2, 0) is 0 Å². The average Bonchev–Trinajstić information content (AvgIpc) is 3.01. The molecule has 0 saturated heterocycles. The van der Waals surface area contributed by atoms with Crippen LogP contribution < -0.4 is 0 Å². The van der Waals surface area contributed by atoms with Crippen LogP contribution in [0, 0.1) is 10.7 Å². The van der Waals surface area contributed by atoms with E-state index < -0.39 is 0 Å². The molecule has 1 saturated carbocycles. The lowest BCUT2D eigenvalue weighted by molar-refractivity contribution is 0.501. The van der Waals surface area contributed by atoms with Gasteiger partial charge in [0.2, 0.25) is 0 Å². The molecule has 0 amide bonds. The lowest BCUT2D eigenvalue weighted by Crippen LogP contribution is -2.05. The van der Waals surface area contributed by atoms with Crippen molar-refractivity contribution in [3.8, 4) is 0 Å². The molecular weight excluding hydrogens is 266 g/mol. The van der Waals surface area contributed by atoms with Gasteiger partial charge in [0.1, 0.15) is 0 Å². The summed E-state index contributed by atoms with van der Waals surface area (Å²) in [6, 6.07) is 8.83. The molecule has 2 atom stereocenters. The van der Waals surface area contributed by atoms with Gasteiger partial charge in [-0.2, -0.15) is 0 Å². The molecule has 0 spiro atoms. The standard InChI is InChI=1S/C16H17N3S/c1-10-6-7-11(8-10)19-15-12-4-2-3-5-13(12)17-9-14(15)18-16(19)20/h2-5,9-11H,6-8H2,1H3,(H,18,20). The van der Waals surface area contributed by atoms with Crippen LogP contribution in [0.2, 0.25) is 0 Å². The molecule has 3 aromatic rings. The zero-order chi connectivity index (χ0) is 13.7. The number of fused-ring (bicyclic) bond motifs is 3. The Hall–Kier alpha value is -1.68. The van der Waals surface area contributed by atoms with E-state index in [9.17, 15) is 0 Å². The molecule has 4 heteroatoms. The summed E-state index contributed by atoms with van der Waals surface area (Å²) < 4.78 is 3.16. The molecule has 1 fully saturated rings. The maximum absolute atomic E-state index is 5.57. The van der Waals surface area contributed by atoms with Crippen molar-refractivity contribution in [1.29, 1.82) is 0 Å². The number of imidazole rings is 1. The van der Waals surface area contributed by atoms with Crippen LogP contribution in [0.3, 0.4) is 0 Å². The van der Waals surface area contributed by atoms with Gasteiger partial charge < -0.3 is 9.55 Å². The predicted molar refractivity (Wildman–Crippen MR) is 84.5 cm³/mol. The molecular formula is C16H17N3S. The molecule has 0 aliphatic heterocycles. The molecule has 1 aromatic carbocycles. The number of H-pyrrole nitrogens is 1. The van der Waals surface area contributed by atoms with Crippen molar-refractivity contribution in [2.45, 2.75) is 32.2 Å². The highest BCUT2D eigenvalue weighted by atomic mass is 32.1. The Morgan fingerprint density at radius 2 is 2.15 bits per heavy atom. The molecule has 20 heavy (non-hydrogen) atoms. The van der Waals surface area contributed by atoms with Gasteiger partial charge in [0, 0.05) is 11.4 Å². The number of para-hydroxylation sites is 1. The molecule has 0 bridgehead atoms. The van der Waals surface area contributed by atoms with Crippen molar-refractivity contribution >= 4 is 34.2 Å². The second-order valence-electron chi connectivity index (χ2n) is 5.91. The van der Waals surface area contributed by atoms with Crippen LogP contribution in [0.4, 0.5) is 0 Å². The average molecular weight is 283 g/mol. The number of hydrogen-bond donors (Lipinski definition) is 1. The number of aromatic nitrogens is 3. The first kappa shape index (κ1) is 12.1. The predicted octanol–water partition coefficient (Wildman–Crippen LogP) is 4.61. The Labute approximate surface area is 122 Å². The fourth-order valence-corrected chi connectivity index (χ4v) is 3.87. The van der Waals surface area contributed by atoms with Gasteiger partial charge in [0.05, 0.1) is 22.7 Å². The van der Waals surface area contributed by atoms with Gasteiger partial charge in [-0.3, -0.25) is 4.98 Å². The SMILES string of the molecule is CC1CCC(n2c(=S)[nH]c3cnc4ccccc4c32)C1. The fourth-order valence-electron chi connectivity index (χ4n) is 3.51. The van der Waals surface area contributed by atoms with Gasteiger partial charge in [-0.15, -0.1) is 0 Å². The molecule has 3 nitrogen and oxygen atoms in total. The van der Waals surface area contributed by atoms with Crippen molar-refractivity contribution in [2.75, 3.05) is 0 Å². The van der Waals surface area contributed by atoms with E-state index in [-0.39, 0.29) is 0 Å². The summed E-state index contributed by atoms with van der Waals surface area (Å²) in [6.45, 7) is 2.33. The van der Waals surface area contributed by atoms with Crippen molar-refractivity contribution in [3.05, 3.63) is 35.2 Å². The Morgan fingerprint density at radius 1 is 1.30 bits per heavy atom. The zero-order valence-corrected chi connectivity index (χ0v) is 12.3. The minimum absolute atomic E-state index is 0.525. The number of benzene rings is 1. The Morgan fingerprint density at radius 3 is 2.95 bits per heavy atom. The minimum Gasteiger partial charge on any atom is -0.329 e. The Bertz CT molecular complexity index is 846. The Balaban J connectivity index is 2.06. The largest absolute Gasteiger partial charge is 0.329 e. The molecule has 1 N–H and O–H groups in total. The maximum Gasteiger partial charge on any atom is 0.178 e. The smallest absolute Gasteiger partial charge is 0.178 e. The van der Waals surface area contributed by atoms with Crippen LogP contribution >= 0.6 is 12.2 Å². The van der Waals surface area contributed by atoms with Gasteiger partial charge in [0.15, 0.2) is 4.77 Å². The molecule has 1 aliphatic carbocycles. The molecule has 102 valence electrons. The molecule has 2 unspecified atom stereocenters. The summed E-state index contributed by atoms with van der Waals surface area (Å²) >= 11 is 5.57. The highest BCUT2D eigenvalue weighted by Gasteiger charge is 2.25. The van der Waals surface area contributed by atoms with Crippen LogP contribution in [0.25, 0.3) is 21.9 Å². The quantitative estimate of drug-likeness (QED) is 0.662. The zero-order valence-electron chi connectivity index (χ0n) is 11.5. The van der Waals surface area contributed by atoms with Gasteiger partial charge >= 0.3 is 0 Å². The summed E-state index contributed by atoms with van der Waals surface area (Å²) in [5.74, 6) is 0.792. The van der Waals surface area contributed by atoms with E-state index in [0.29, 0.717) is 6.04 Å². The monoisotopic (exact) mass is 283 g/mol. The summed E-state index contributed by atoms with van der Waals surface area (Å²) in [5, 5.41) is 1.19. The van der Waals surface area contributed by atoms with Gasteiger partial charge in [-0.25, -0.2) is 0 Å². The number of pyridine rings is 1. The summed E-state index contributed by atoms with van der Waals surface area (Å²) in [6.07, 6.45) is 5.64. The first-order valence-corrected chi connectivity index (χ1v) is 7.63. The Kier molecular flexibility index (Phi) is 2.67. The third-order valence-electron chi connectivity index (χ3n) is 4.48. The second kappa shape index (κ2) is 4.42. The molecule has 0 radical (unpaired) electrons. The third kappa shape index (κ3) is 1.71. The maximum atomic E-state index is 5.57. The van der Waals surface area contributed by atoms with Crippen LogP contribution in [0.15, 0.2) is 30.5 Å². The highest BCUT2D eigenvalue weighted by Crippen LogP contribution is 2.37. The minimum atomic E-state index is 0.525. The summed E-state index contributed by atoms with van der Waals surface area (Å²) in [4.78, 5) is 7.84. The number of rotatable bonds is 1. The van der Waals surface area contributed by atoms with E-state index >= 15 is 0 Å². The number of nitrogens with one attached hydrogen (secondary N) is 1. The van der Waals surface area contributed by atoms with Gasteiger partial charge in [0.25, 0.3) is 0 Å². The van der Waals surface area contributed by atoms with E-state index in [1.807, 2.05) is 12.3 Å². The lowest BCUT2D eigenvalue weighted by Gasteiger charge is -2.14. The number of aromatic amines is 1. The normalized spacial score (nSPS) is 22.9. The second-order valence-corrected chi connectivity index (χ2v) is 6.30. The van der Waals surface area contributed by atoms with Crippen LogP contribution in [0.5, 0.6) is 0 Å². The molecule has 1 aliphatic rings. The molecule has 4 rings (SSSR count). The van der Waals surface area contributed by atoms with Crippen LogP contribution in [0.1, 0.15) is 32.2 Å². The summed E-state index contributed by atoms with van der Waals surface area (Å²) in [5.41, 5.74) is 3.31. The van der Waals surface area contributed by atoms with Gasteiger partial charge in [-0.05, 0) is 43.5 Å². The van der Waals surface area contributed by atoms with Crippen molar-refractivity contribution in [1.82, 2.24) is 14.5 Å². The molecule has 2 heterocycles. The fraction of sp³-hybridized carbons (Fsp3) is 0.375. The summed E-state index contributed by atoms with van der Waals surface area (Å²) in [7, 11) is 0. The first-order chi connectivity index (χ1) is 9.74. The highest BCUT2D eigenvalue weighted by molar-refractivity contribution is 7.71. The van der Waals surface area contributed by atoms with E-state index in [4.69, 9.17) is 12.2 Å². The molecule has 2 aromatic heterocycles. The van der Waals surface area contributed by atoms with E-state index in [2.05, 4.69) is 39.7 Å².